The number of hydrogen-bond donors (Lipinski definition) is 0. The van der Waals surface area contributed by atoms with E-state index in [0.717, 1.165) is 45.6 Å². The number of hydrogen-bond acceptors (Lipinski definition) is 4. The second kappa shape index (κ2) is 10.2. The minimum absolute atomic E-state index is 0.00574. The van der Waals surface area contributed by atoms with Crippen LogP contribution in [0.5, 0.6) is 0 Å². The summed E-state index contributed by atoms with van der Waals surface area (Å²) in [7, 11) is 0. The molecular formula is C16H32N2O2. The van der Waals surface area contributed by atoms with Crippen LogP contribution in [-0.4, -0.2) is 61.1 Å². The van der Waals surface area contributed by atoms with E-state index in [-0.39, 0.29) is 12.0 Å². The van der Waals surface area contributed by atoms with Gasteiger partial charge in [-0.3, -0.25) is 9.69 Å². The van der Waals surface area contributed by atoms with Crippen molar-refractivity contribution >= 4 is 5.97 Å². The standard InChI is InChI=1S/C16H32N2O2/c1-4-10-17(11-5-2)13-14-18-12-8-7-9-15(18)16(19)20-6-3/h15H,4-14H2,1-3H3. The van der Waals surface area contributed by atoms with Gasteiger partial charge in [0.15, 0.2) is 0 Å². The Hall–Kier alpha value is -0.610. The Morgan fingerprint density at radius 2 is 1.85 bits per heavy atom. The van der Waals surface area contributed by atoms with Crippen molar-refractivity contribution in [3.8, 4) is 0 Å². The molecule has 1 heterocycles. The number of nitrogens with zero attached hydrogens (tertiary/aromatic N) is 2. The van der Waals surface area contributed by atoms with Gasteiger partial charge in [-0.15, -0.1) is 0 Å². The lowest BCUT2D eigenvalue weighted by Gasteiger charge is -2.35. The molecule has 0 aromatic rings. The lowest BCUT2D eigenvalue weighted by molar-refractivity contribution is -0.151. The van der Waals surface area contributed by atoms with Crippen LogP contribution >= 0.6 is 0 Å². The largest absolute Gasteiger partial charge is 0.465 e. The molecule has 4 heteroatoms. The van der Waals surface area contributed by atoms with Crippen LogP contribution in [-0.2, 0) is 9.53 Å². The third kappa shape index (κ3) is 5.80. The zero-order chi connectivity index (χ0) is 14.8. The number of carbonyl (C=O) groups is 1. The molecule has 0 N–H and O–H groups in total. The van der Waals surface area contributed by atoms with Crippen LogP contribution < -0.4 is 0 Å². The van der Waals surface area contributed by atoms with Crippen molar-refractivity contribution in [2.24, 2.45) is 0 Å². The molecule has 1 saturated heterocycles. The summed E-state index contributed by atoms with van der Waals surface area (Å²) in [6.45, 7) is 12.2. The number of ether oxygens (including phenoxy) is 1. The molecule has 0 saturated carbocycles. The lowest BCUT2D eigenvalue weighted by atomic mass is 10.0. The Labute approximate surface area is 124 Å². The average Bonchev–Trinajstić information content (AvgIpc) is 2.46. The molecule has 118 valence electrons. The second-order valence-electron chi connectivity index (χ2n) is 5.64. The molecule has 20 heavy (non-hydrogen) atoms. The van der Waals surface area contributed by atoms with E-state index in [1.165, 1.54) is 19.3 Å². The minimum Gasteiger partial charge on any atom is -0.465 e. The summed E-state index contributed by atoms with van der Waals surface area (Å²) in [6, 6.07) is -0.00574. The molecule has 1 fully saturated rings. The maximum absolute atomic E-state index is 12.0. The molecular weight excluding hydrogens is 252 g/mol. The molecule has 0 aromatic carbocycles. The maximum atomic E-state index is 12.0. The van der Waals surface area contributed by atoms with Crippen molar-refractivity contribution < 1.29 is 9.53 Å². The van der Waals surface area contributed by atoms with E-state index in [2.05, 4.69) is 23.6 Å². The van der Waals surface area contributed by atoms with Gasteiger partial charge in [0.1, 0.15) is 6.04 Å². The van der Waals surface area contributed by atoms with Crippen molar-refractivity contribution in [3.05, 3.63) is 0 Å². The quantitative estimate of drug-likeness (QED) is 0.609. The summed E-state index contributed by atoms with van der Waals surface area (Å²) in [6.07, 6.45) is 5.70. The first-order chi connectivity index (χ1) is 9.72. The van der Waals surface area contributed by atoms with E-state index in [1.807, 2.05) is 6.92 Å². The van der Waals surface area contributed by atoms with Gasteiger partial charge in [-0.05, 0) is 52.2 Å². The second-order valence-corrected chi connectivity index (χ2v) is 5.64. The Balaban J connectivity index is 2.46. The highest BCUT2D eigenvalue weighted by molar-refractivity contribution is 5.75. The number of piperidine rings is 1. The zero-order valence-corrected chi connectivity index (χ0v) is 13.6. The van der Waals surface area contributed by atoms with E-state index in [9.17, 15) is 4.79 Å². The van der Waals surface area contributed by atoms with Crippen LogP contribution in [0.3, 0.4) is 0 Å². The summed E-state index contributed by atoms with van der Waals surface area (Å²) < 4.78 is 5.22. The van der Waals surface area contributed by atoms with Gasteiger partial charge >= 0.3 is 5.97 Å². The van der Waals surface area contributed by atoms with Gasteiger partial charge in [-0.25, -0.2) is 0 Å². The summed E-state index contributed by atoms with van der Waals surface area (Å²) >= 11 is 0. The molecule has 0 amide bonds. The lowest BCUT2D eigenvalue weighted by Crippen LogP contribution is -2.48. The fourth-order valence-corrected chi connectivity index (χ4v) is 3.00. The molecule has 1 unspecified atom stereocenters. The monoisotopic (exact) mass is 284 g/mol. The Morgan fingerprint density at radius 1 is 1.15 bits per heavy atom. The van der Waals surface area contributed by atoms with Gasteiger partial charge in [-0.1, -0.05) is 20.3 Å². The smallest absolute Gasteiger partial charge is 0.323 e. The number of esters is 1. The predicted molar refractivity (Wildman–Crippen MR) is 82.9 cm³/mol. The summed E-state index contributed by atoms with van der Waals surface area (Å²) in [5.74, 6) is -0.0234. The first-order valence-electron chi connectivity index (χ1n) is 8.35. The van der Waals surface area contributed by atoms with Gasteiger partial charge in [0.05, 0.1) is 6.61 Å². The zero-order valence-electron chi connectivity index (χ0n) is 13.6. The van der Waals surface area contributed by atoms with Gasteiger partial charge in [0.2, 0.25) is 0 Å². The molecule has 0 bridgehead atoms. The molecule has 0 aromatic heterocycles. The highest BCUT2D eigenvalue weighted by atomic mass is 16.5. The van der Waals surface area contributed by atoms with Crippen LogP contribution in [0.4, 0.5) is 0 Å². The van der Waals surface area contributed by atoms with E-state index in [4.69, 9.17) is 4.74 Å². The maximum Gasteiger partial charge on any atom is 0.323 e. The van der Waals surface area contributed by atoms with Gasteiger partial charge in [0, 0.05) is 13.1 Å². The van der Waals surface area contributed by atoms with Crippen LogP contribution in [0.1, 0.15) is 52.9 Å². The van der Waals surface area contributed by atoms with E-state index in [0.29, 0.717) is 6.61 Å². The normalized spacial score (nSPS) is 20.3. The third-order valence-electron chi connectivity index (χ3n) is 3.96. The predicted octanol–water partition coefficient (Wildman–Crippen LogP) is 2.53. The van der Waals surface area contributed by atoms with Crippen LogP contribution in [0.15, 0.2) is 0 Å². The molecule has 4 nitrogen and oxygen atoms in total. The fourth-order valence-electron chi connectivity index (χ4n) is 3.00. The number of carbonyl (C=O) groups excluding carboxylic acids is 1. The Kier molecular flexibility index (Phi) is 8.86. The molecule has 1 aliphatic heterocycles. The van der Waals surface area contributed by atoms with Crippen LogP contribution in [0.2, 0.25) is 0 Å². The van der Waals surface area contributed by atoms with Gasteiger partial charge in [0.25, 0.3) is 0 Å². The Bertz CT molecular complexity index is 265. The van der Waals surface area contributed by atoms with E-state index in [1.54, 1.807) is 0 Å². The highest BCUT2D eigenvalue weighted by Crippen LogP contribution is 2.18. The first kappa shape index (κ1) is 17.4. The van der Waals surface area contributed by atoms with Crippen LogP contribution in [0, 0.1) is 0 Å². The SMILES string of the molecule is CCCN(CCC)CCN1CCCCC1C(=O)OCC. The molecule has 1 aliphatic rings. The van der Waals surface area contributed by atoms with Crippen molar-refractivity contribution in [1.29, 1.82) is 0 Å². The highest BCUT2D eigenvalue weighted by Gasteiger charge is 2.29. The number of rotatable bonds is 9. The van der Waals surface area contributed by atoms with E-state index < -0.39 is 0 Å². The van der Waals surface area contributed by atoms with Gasteiger partial charge < -0.3 is 9.64 Å². The third-order valence-corrected chi connectivity index (χ3v) is 3.96. The van der Waals surface area contributed by atoms with Gasteiger partial charge in [-0.2, -0.15) is 0 Å². The summed E-state index contributed by atoms with van der Waals surface area (Å²) in [5, 5.41) is 0. The van der Waals surface area contributed by atoms with Crippen molar-refractivity contribution in [2.45, 2.75) is 58.9 Å². The summed E-state index contributed by atoms with van der Waals surface area (Å²) in [5.41, 5.74) is 0. The molecule has 0 aliphatic carbocycles. The number of likely N-dealkylation sites (tertiary alicyclic amines) is 1. The average molecular weight is 284 g/mol. The Morgan fingerprint density at radius 3 is 2.45 bits per heavy atom. The minimum atomic E-state index is -0.0234. The topological polar surface area (TPSA) is 32.8 Å². The molecule has 1 atom stereocenters. The molecule has 0 radical (unpaired) electrons. The summed E-state index contributed by atoms with van der Waals surface area (Å²) in [4.78, 5) is 16.9. The van der Waals surface area contributed by atoms with Crippen LogP contribution in [0.25, 0.3) is 0 Å². The van der Waals surface area contributed by atoms with Crippen molar-refractivity contribution in [3.63, 3.8) is 0 Å². The fraction of sp³-hybridized carbons (Fsp3) is 0.938. The first-order valence-corrected chi connectivity index (χ1v) is 8.35. The van der Waals surface area contributed by atoms with Crippen molar-refractivity contribution in [2.75, 3.05) is 39.3 Å². The van der Waals surface area contributed by atoms with Crippen molar-refractivity contribution in [1.82, 2.24) is 9.80 Å². The molecule has 0 spiro atoms. The molecule has 1 rings (SSSR count). The van der Waals surface area contributed by atoms with E-state index >= 15 is 0 Å².